The number of carbonyl (C=O) groups excluding carboxylic acids is 5. The number of primary amides is 1. The van der Waals surface area contributed by atoms with Gasteiger partial charge in [-0.3, -0.25) is 28.9 Å². The van der Waals surface area contributed by atoms with E-state index < -0.39 is 73.4 Å². The first-order chi connectivity index (χ1) is 25.0. The third-order valence-electron chi connectivity index (χ3n) is 9.07. The summed E-state index contributed by atoms with van der Waals surface area (Å²) in [5, 5.41) is 62.3. The van der Waals surface area contributed by atoms with Crippen LogP contribution < -0.4 is 16.8 Å². The molecule has 2 aliphatic rings. The van der Waals surface area contributed by atoms with Crippen molar-refractivity contribution in [1.82, 2.24) is 10.2 Å². The molecule has 11 atom stereocenters. The zero-order chi connectivity index (χ0) is 39.7. The lowest BCUT2D eigenvalue weighted by atomic mass is 10.00. The maximum absolute atomic E-state index is 12.9. The van der Waals surface area contributed by atoms with Crippen LogP contribution in [-0.4, -0.2) is 172 Å². The molecule has 19 nitrogen and oxygen atoms in total. The van der Waals surface area contributed by atoms with Gasteiger partial charge < -0.3 is 66.4 Å². The summed E-state index contributed by atoms with van der Waals surface area (Å²) < 4.78 is 21.7. The lowest BCUT2D eigenvalue weighted by Gasteiger charge is -2.38. The zero-order valence-corrected chi connectivity index (χ0v) is 30.6. The average Bonchev–Trinajstić information content (AvgIpc) is 3.10. The van der Waals surface area contributed by atoms with Crippen molar-refractivity contribution >= 4 is 29.2 Å². The Bertz CT molecular complexity index is 1110. The summed E-state index contributed by atoms with van der Waals surface area (Å²) in [4.78, 5) is 63.0. The second-order valence-electron chi connectivity index (χ2n) is 13.8. The van der Waals surface area contributed by atoms with Crippen molar-refractivity contribution in [2.45, 2.75) is 146 Å². The number of ketones is 3. The van der Waals surface area contributed by atoms with Crippen molar-refractivity contribution in [1.29, 1.82) is 0 Å². The van der Waals surface area contributed by atoms with Crippen LogP contribution in [0.4, 0.5) is 0 Å². The Morgan fingerprint density at radius 1 is 0.623 bits per heavy atom. The highest BCUT2D eigenvalue weighted by Gasteiger charge is 2.43. The van der Waals surface area contributed by atoms with Crippen LogP contribution in [-0.2, 0) is 42.9 Å². The number of unbranched alkanes of at least 4 members (excludes halogenated alkanes) is 3. The quantitative estimate of drug-likeness (QED) is 0.0386. The molecular formula is C34H60N4O15. The fraction of sp³-hybridized carbons (Fsp3) is 0.853. The molecule has 2 amide bonds. The van der Waals surface area contributed by atoms with E-state index in [2.05, 4.69) is 5.32 Å². The van der Waals surface area contributed by atoms with Gasteiger partial charge in [-0.2, -0.15) is 0 Å². The molecule has 0 saturated carbocycles. The lowest BCUT2D eigenvalue weighted by molar-refractivity contribution is -0.293. The van der Waals surface area contributed by atoms with Crippen molar-refractivity contribution < 1.29 is 73.6 Å². The van der Waals surface area contributed by atoms with Gasteiger partial charge in [-0.25, -0.2) is 0 Å². The summed E-state index contributed by atoms with van der Waals surface area (Å²) in [7, 11) is 0. The van der Waals surface area contributed by atoms with Crippen molar-refractivity contribution in [3.8, 4) is 0 Å². The van der Waals surface area contributed by atoms with E-state index in [1.165, 1.54) is 18.7 Å². The largest absolute Gasteiger partial charge is 0.388 e. The molecule has 2 aliphatic heterocycles. The smallest absolute Gasteiger partial charge is 0.236 e. The number of hydrogen-bond acceptors (Lipinski definition) is 17. The number of amides is 2. The monoisotopic (exact) mass is 764 g/mol. The average molecular weight is 765 g/mol. The van der Waals surface area contributed by atoms with Crippen LogP contribution >= 0.6 is 0 Å². The van der Waals surface area contributed by atoms with Crippen LogP contribution in [0.3, 0.4) is 0 Å². The molecule has 0 aromatic heterocycles. The number of nitrogens with zero attached hydrogens (tertiary/aromatic N) is 1. The van der Waals surface area contributed by atoms with Crippen LogP contribution in [0.15, 0.2) is 0 Å². The van der Waals surface area contributed by atoms with Crippen molar-refractivity contribution in [3.63, 3.8) is 0 Å². The SMILES string of the molecule is C[C@@H]1O[C@@H](OCCCC(=O)CN(CC(=O)CCCCCCC(=O)NC[C@H](N)C(N)=O)CC(=O)CCCO[C@@H]2O[C@@H](C)[C@@H](O)[C@@H](O)[C@@H]2O)[C@@H](O)[C@H](O)[C@@H]1O. The van der Waals surface area contributed by atoms with E-state index in [1.54, 1.807) is 0 Å². The van der Waals surface area contributed by atoms with Gasteiger partial charge in [-0.15, -0.1) is 0 Å². The molecule has 0 spiro atoms. The minimum absolute atomic E-state index is 0.00237. The molecule has 0 aromatic rings. The zero-order valence-electron chi connectivity index (χ0n) is 30.6. The Morgan fingerprint density at radius 3 is 1.43 bits per heavy atom. The minimum Gasteiger partial charge on any atom is -0.388 e. The fourth-order valence-corrected chi connectivity index (χ4v) is 5.77. The summed E-state index contributed by atoms with van der Waals surface area (Å²) >= 11 is 0. The summed E-state index contributed by atoms with van der Waals surface area (Å²) in [6.07, 6.45) is -8.96. The first-order valence-electron chi connectivity index (χ1n) is 18.2. The van der Waals surface area contributed by atoms with Crippen LogP contribution in [0.2, 0.25) is 0 Å². The lowest BCUT2D eigenvalue weighted by Crippen LogP contribution is -2.57. The Labute approximate surface area is 309 Å². The second kappa shape index (κ2) is 24.1. The molecule has 0 bridgehead atoms. The number of hydrogen-bond donors (Lipinski definition) is 9. The highest BCUT2D eigenvalue weighted by molar-refractivity contribution is 5.86. The first kappa shape index (κ1) is 46.6. The number of Topliss-reactive ketones (excluding diaryl/α,β-unsaturated/α-hetero) is 3. The molecule has 0 aliphatic carbocycles. The molecule has 2 rings (SSSR count). The van der Waals surface area contributed by atoms with Gasteiger partial charge in [0, 0.05) is 32.2 Å². The van der Waals surface area contributed by atoms with Gasteiger partial charge >= 0.3 is 0 Å². The molecule has 2 fully saturated rings. The molecule has 2 saturated heterocycles. The van der Waals surface area contributed by atoms with E-state index in [0.29, 0.717) is 25.7 Å². The standard InChI is InChI=1S/C34H60N4O15/c1-19-26(43)28(45)30(47)33(52-19)50-13-7-10-22(40)17-38(16-21(39)9-5-3-4-6-12-25(42)37-15-24(35)32(36)49)18-23(41)11-8-14-51-34-31(48)29(46)27(44)20(2)53-34/h19-20,24,26-31,33-34,43-48H,3-18,35H2,1-2H3,(H2,36,49)(H,37,42)/t19-,20-,24-,26+,27+,28+,29+,30-,31-,33+,34+/m0/s1. The van der Waals surface area contributed by atoms with Crippen LogP contribution in [0.5, 0.6) is 0 Å². The Balaban J connectivity index is 1.80. The van der Waals surface area contributed by atoms with E-state index in [1.807, 2.05) is 0 Å². The van der Waals surface area contributed by atoms with Crippen LogP contribution in [0.1, 0.15) is 78.1 Å². The third kappa shape index (κ3) is 16.8. The van der Waals surface area contributed by atoms with E-state index in [0.717, 1.165) is 0 Å². The fourth-order valence-electron chi connectivity index (χ4n) is 5.77. The van der Waals surface area contributed by atoms with E-state index >= 15 is 0 Å². The Kier molecular flexibility index (Phi) is 21.2. The summed E-state index contributed by atoms with van der Waals surface area (Å²) in [6.45, 7) is 2.47. The van der Waals surface area contributed by atoms with Crippen molar-refractivity contribution in [3.05, 3.63) is 0 Å². The molecule has 0 unspecified atom stereocenters. The first-order valence-corrected chi connectivity index (χ1v) is 18.2. The van der Waals surface area contributed by atoms with Crippen LogP contribution in [0.25, 0.3) is 0 Å². The highest BCUT2D eigenvalue weighted by Crippen LogP contribution is 2.23. The molecule has 306 valence electrons. The normalized spacial score (nSPS) is 29.5. The summed E-state index contributed by atoms with van der Waals surface area (Å²) in [5.74, 6) is -1.68. The predicted molar refractivity (Wildman–Crippen MR) is 184 cm³/mol. The van der Waals surface area contributed by atoms with E-state index in [-0.39, 0.29) is 101 Å². The van der Waals surface area contributed by atoms with Gasteiger partial charge in [0.15, 0.2) is 12.6 Å². The molecule has 11 N–H and O–H groups in total. The van der Waals surface area contributed by atoms with Gasteiger partial charge in [-0.05, 0) is 39.5 Å². The second-order valence-corrected chi connectivity index (χ2v) is 13.8. The van der Waals surface area contributed by atoms with Crippen molar-refractivity contribution in [2.24, 2.45) is 11.5 Å². The summed E-state index contributed by atoms with van der Waals surface area (Å²) in [6, 6.07) is -0.960. The van der Waals surface area contributed by atoms with Gasteiger partial charge in [0.05, 0.1) is 45.1 Å². The number of carbonyl (C=O) groups is 5. The minimum atomic E-state index is -1.48. The summed E-state index contributed by atoms with van der Waals surface area (Å²) in [5.41, 5.74) is 10.6. The number of nitrogens with two attached hydrogens (primary N) is 2. The molecule has 0 radical (unpaired) electrons. The van der Waals surface area contributed by atoms with Gasteiger partial charge in [0.2, 0.25) is 11.8 Å². The predicted octanol–water partition coefficient (Wildman–Crippen LogP) is -3.49. The van der Waals surface area contributed by atoms with Gasteiger partial charge in [0.1, 0.15) is 60.0 Å². The topological polar surface area (TPSA) is 311 Å². The molecular weight excluding hydrogens is 704 g/mol. The molecule has 19 heteroatoms. The number of ether oxygens (including phenoxy) is 4. The number of nitrogens with one attached hydrogen (secondary N) is 1. The Morgan fingerprint density at radius 2 is 1.02 bits per heavy atom. The van der Waals surface area contributed by atoms with Gasteiger partial charge in [0.25, 0.3) is 0 Å². The molecule has 2 heterocycles. The van der Waals surface area contributed by atoms with Crippen LogP contribution in [0, 0.1) is 0 Å². The van der Waals surface area contributed by atoms with E-state index in [9.17, 15) is 54.6 Å². The Hall–Kier alpha value is -2.53. The maximum atomic E-state index is 12.9. The maximum Gasteiger partial charge on any atom is 0.236 e. The third-order valence-corrected chi connectivity index (χ3v) is 9.07. The molecule has 53 heavy (non-hydrogen) atoms. The number of aliphatic hydroxyl groups excluding tert-OH is 6. The van der Waals surface area contributed by atoms with Gasteiger partial charge in [-0.1, -0.05) is 12.8 Å². The number of rotatable bonds is 26. The van der Waals surface area contributed by atoms with Crippen molar-refractivity contribution in [2.75, 3.05) is 39.4 Å². The van der Waals surface area contributed by atoms with E-state index in [4.69, 9.17) is 30.4 Å². The number of aliphatic hydroxyl groups is 6. The molecule has 0 aromatic carbocycles. The highest BCUT2D eigenvalue weighted by atomic mass is 16.7.